The lowest BCUT2D eigenvalue weighted by atomic mass is 10.1. The summed E-state index contributed by atoms with van der Waals surface area (Å²) in [4.78, 5) is 23.3. The number of nitrogens with zero attached hydrogens (tertiary/aromatic N) is 1. The molecule has 1 heterocycles. The van der Waals surface area contributed by atoms with Gasteiger partial charge in [-0.3, -0.25) is 4.79 Å². The van der Waals surface area contributed by atoms with Crippen molar-refractivity contribution in [3.63, 3.8) is 0 Å². The molecule has 0 aliphatic carbocycles. The third-order valence-electron chi connectivity index (χ3n) is 2.61. The Morgan fingerprint density at radius 3 is 2.13 bits per heavy atom. The van der Waals surface area contributed by atoms with Crippen molar-refractivity contribution < 1.29 is 23.1 Å². The molecule has 1 rings (SSSR count). The number of rotatable bonds is 3. The van der Waals surface area contributed by atoms with E-state index in [0.717, 1.165) is 17.9 Å². The number of amides is 1. The number of esters is 1. The Kier molecular flexibility index (Phi) is 7.22. The number of nitrogens with one attached hydrogen (secondary N) is 1. The fraction of sp³-hybridized carbons (Fsp3) is 0.600. The van der Waals surface area contributed by atoms with Crippen LogP contribution in [0.2, 0.25) is 5.02 Å². The molecule has 0 saturated heterocycles. The Bertz CT molecular complexity index is 578. The molecule has 0 aliphatic rings. The average Bonchev–Trinajstić information content (AvgIpc) is 2.74. The summed E-state index contributed by atoms with van der Waals surface area (Å²) >= 11 is 5.82. The minimum Gasteiger partial charge on any atom is -0.464 e. The molecule has 1 aromatic heterocycles. The van der Waals surface area contributed by atoms with E-state index in [9.17, 15) is 18.4 Å². The third kappa shape index (κ3) is 4.92. The molecule has 0 spiro atoms. The lowest BCUT2D eigenvalue weighted by molar-refractivity contribution is -0.148. The topological polar surface area (TPSA) is 60.3 Å². The highest BCUT2D eigenvalue weighted by Gasteiger charge is 2.46. The first-order valence-corrected chi connectivity index (χ1v) is 7.43. The van der Waals surface area contributed by atoms with E-state index in [-0.39, 0.29) is 5.69 Å². The van der Waals surface area contributed by atoms with Crippen LogP contribution in [0.3, 0.4) is 0 Å². The van der Waals surface area contributed by atoms with E-state index >= 15 is 0 Å². The maximum atomic E-state index is 14.2. The zero-order valence-corrected chi connectivity index (χ0v) is 15.1. The monoisotopic (exact) mass is 352 g/mol. The predicted molar refractivity (Wildman–Crippen MR) is 84.9 cm³/mol. The molecule has 132 valence electrons. The van der Waals surface area contributed by atoms with Crippen molar-refractivity contribution in [2.75, 3.05) is 7.11 Å². The van der Waals surface area contributed by atoms with Crippen LogP contribution in [0.25, 0.3) is 0 Å². The van der Waals surface area contributed by atoms with Gasteiger partial charge in [-0.25, -0.2) is 4.79 Å². The summed E-state index contributed by atoms with van der Waals surface area (Å²) < 4.78 is 34.1. The number of methoxy groups -OCH3 is 1. The van der Waals surface area contributed by atoms with E-state index in [0.29, 0.717) is 0 Å². The molecule has 5 nitrogen and oxygen atoms in total. The number of aromatic nitrogens is 1. The number of halogens is 3. The molecule has 0 bridgehead atoms. The van der Waals surface area contributed by atoms with Gasteiger partial charge in [-0.2, -0.15) is 8.78 Å². The largest absolute Gasteiger partial charge is 0.464 e. The summed E-state index contributed by atoms with van der Waals surface area (Å²) in [5.74, 6) is -6.21. The SMILES string of the molecule is CC.COC(=O)c1c(Cl)c(C(F)(F)C(=O)NC(C)(C)C)cn1C. The molecule has 1 N–H and O–H groups in total. The number of carbonyl (C=O) groups is 2. The van der Waals surface area contributed by atoms with Gasteiger partial charge in [0.15, 0.2) is 0 Å². The summed E-state index contributed by atoms with van der Waals surface area (Å²) in [6.07, 6.45) is 0.941. The van der Waals surface area contributed by atoms with Crippen LogP contribution in [0, 0.1) is 0 Å². The van der Waals surface area contributed by atoms with Crippen LogP contribution in [0.5, 0.6) is 0 Å². The zero-order valence-electron chi connectivity index (χ0n) is 14.4. The quantitative estimate of drug-likeness (QED) is 0.847. The maximum absolute atomic E-state index is 14.2. The van der Waals surface area contributed by atoms with Crippen molar-refractivity contribution in [2.45, 2.75) is 46.1 Å². The fourth-order valence-electron chi connectivity index (χ4n) is 1.69. The average molecular weight is 353 g/mol. The number of aryl methyl sites for hydroxylation is 1. The Hall–Kier alpha value is -1.63. The van der Waals surface area contributed by atoms with Gasteiger partial charge in [-0.1, -0.05) is 25.4 Å². The Balaban J connectivity index is 0.00000232. The van der Waals surface area contributed by atoms with E-state index in [1.54, 1.807) is 20.8 Å². The van der Waals surface area contributed by atoms with Gasteiger partial charge in [-0.15, -0.1) is 0 Å². The number of carbonyl (C=O) groups excluding carboxylic acids is 2. The highest BCUT2D eigenvalue weighted by atomic mass is 35.5. The molecular weight excluding hydrogens is 330 g/mol. The van der Waals surface area contributed by atoms with Crippen LogP contribution in [-0.4, -0.2) is 29.1 Å². The molecule has 0 atom stereocenters. The Morgan fingerprint density at radius 1 is 1.26 bits per heavy atom. The molecule has 0 saturated carbocycles. The second-order valence-electron chi connectivity index (χ2n) is 5.59. The molecule has 8 heteroatoms. The van der Waals surface area contributed by atoms with Crippen LogP contribution in [0.15, 0.2) is 6.20 Å². The molecule has 0 aromatic carbocycles. The molecule has 1 amide bonds. The van der Waals surface area contributed by atoms with E-state index in [1.807, 2.05) is 13.8 Å². The summed E-state index contributed by atoms with van der Waals surface area (Å²) in [5.41, 5.74) is -1.81. The molecule has 0 radical (unpaired) electrons. The van der Waals surface area contributed by atoms with Crippen LogP contribution in [-0.2, 0) is 22.5 Å². The van der Waals surface area contributed by atoms with E-state index in [4.69, 9.17) is 11.6 Å². The first-order valence-electron chi connectivity index (χ1n) is 7.06. The van der Waals surface area contributed by atoms with Crippen molar-refractivity contribution in [1.82, 2.24) is 9.88 Å². The van der Waals surface area contributed by atoms with Gasteiger partial charge < -0.3 is 14.6 Å². The second-order valence-corrected chi connectivity index (χ2v) is 5.96. The van der Waals surface area contributed by atoms with Gasteiger partial charge in [0.05, 0.1) is 17.7 Å². The molecular formula is C15H23ClF2N2O3. The van der Waals surface area contributed by atoms with Crippen molar-refractivity contribution in [1.29, 1.82) is 0 Å². The lowest BCUT2D eigenvalue weighted by Crippen LogP contribution is -2.47. The van der Waals surface area contributed by atoms with Crippen molar-refractivity contribution in [2.24, 2.45) is 7.05 Å². The molecule has 23 heavy (non-hydrogen) atoms. The van der Waals surface area contributed by atoms with Gasteiger partial charge in [0.1, 0.15) is 5.69 Å². The summed E-state index contributed by atoms with van der Waals surface area (Å²) in [6, 6.07) is 0. The van der Waals surface area contributed by atoms with Gasteiger partial charge in [-0.05, 0) is 20.8 Å². The Morgan fingerprint density at radius 2 is 1.74 bits per heavy atom. The highest BCUT2D eigenvalue weighted by molar-refractivity contribution is 6.34. The van der Waals surface area contributed by atoms with Gasteiger partial charge in [0, 0.05) is 18.8 Å². The summed E-state index contributed by atoms with van der Waals surface area (Å²) in [5, 5.41) is 1.68. The van der Waals surface area contributed by atoms with Crippen molar-refractivity contribution in [3.05, 3.63) is 22.5 Å². The molecule has 0 unspecified atom stereocenters. The van der Waals surface area contributed by atoms with Gasteiger partial charge in [0.2, 0.25) is 0 Å². The smallest absolute Gasteiger partial charge is 0.356 e. The Labute approximate surface area is 139 Å². The first kappa shape index (κ1) is 21.4. The minimum absolute atomic E-state index is 0.239. The molecule has 0 fully saturated rings. The fourth-order valence-corrected chi connectivity index (χ4v) is 2.07. The van der Waals surface area contributed by atoms with Crippen LogP contribution in [0.4, 0.5) is 8.78 Å². The number of hydrogen-bond donors (Lipinski definition) is 1. The third-order valence-corrected chi connectivity index (χ3v) is 2.99. The highest BCUT2D eigenvalue weighted by Crippen LogP contribution is 2.37. The van der Waals surface area contributed by atoms with E-state index in [2.05, 4.69) is 10.1 Å². The van der Waals surface area contributed by atoms with E-state index < -0.39 is 33.9 Å². The predicted octanol–water partition coefficient (Wildman–Crippen LogP) is 3.50. The van der Waals surface area contributed by atoms with Crippen LogP contribution >= 0.6 is 11.6 Å². The number of alkyl halides is 2. The lowest BCUT2D eigenvalue weighted by Gasteiger charge is -2.24. The normalized spacial score (nSPS) is 11.4. The van der Waals surface area contributed by atoms with Gasteiger partial charge in [0.25, 0.3) is 5.91 Å². The maximum Gasteiger partial charge on any atom is 0.356 e. The van der Waals surface area contributed by atoms with Crippen molar-refractivity contribution >= 4 is 23.5 Å². The molecule has 1 aromatic rings. The van der Waals surface area contributed by atoms with Gasteiger partial charge >= 0.3 is 11.9 Å². The van der Waals surface area contributed by atoms with E-state index in [1.165, 1.54) is 7.05 Å². The zero-order chi connectivity index (χ0) is 18.6. The van der Waals surface area contributed by atoms with Crippen LogP contribution in [0.1, 0.15) is 50.7 Å². The second kappa shape index (κ2) is 7.77. The standard InChI is InChI=1S/C13H17ClF2N2O3.C2H6/c1-12(2,3)17-11(20)13(15,16)7-6-18(4)9(8(7)14)10(19)21-5;1-2/h6H,1-5H3,(H,17,20);1-2H3. The number of ether oxygens (including phenoxy) is 1. The minimum atomic E-state index is -3.87. The summed E-state index contributed by atoms with van der Waals surface area (Å²) in [6.45, 7) is 8.73. The summed E-state index contributed by atoms with van der Waals surface area (Å²) in [7, 11) is 2.47. The van der Waals surface area contributed by atoms with Crippen LogP contribution < -0.4 is 5.32 Å². The molecule has 0 aliphatic heterocycles. The van der Waals surface area contributed by atoms with Crippen molar-refractivity contribution in [3.8, 4) is 0 Å². The first-order chi connectivity index (χ1) is 10.4. The number of hydrogen-bond acceptors (Lipinski definition) is 3.